The van der Waals surface area contributed by atoms with Gasteiger partial charge in [0.05, 0.1) is 0 Å². The van der Waals surface area contributed by atoms with Crippen molar-refractivity contribution in [3.05, 3.63) is 34.9 Å². The molecule has 1 aromatic rings. The van der Waals surface area contributed by atoms with Crippen LogP contribution in [0.4, 0.5) is 8.78 Å². The first-order valence-corrected chi connectivity index (χ1v) is 3.89. The second-order valence-corrected chi connectivity index (χ2v) is 3.07. The van der Waals surface area contributed by atoms with Crippen molar-refractivity contribution in [2.75, 3.05) is 0 Å². The molecular formula is C9H10ClF2N. The molecule has 0 radical (unpaired) electrons. The molecule has 1 nitrogen and oxygen atoms in total. The molecule has 1 atom stereocenters. The Balaban J connectivity index is 0.000000845. The van der Waals surface area contributed by atoms with E-state index in [0.29, 0.717) is 6.54 Å². The molecular weight excluding hydrogens is 196 g/mol. The van der Waals surface area contributed by atoms with E-state index < -0.39 is 11.6 Å². The zero-order valence-corrected chi connectivity index (χ0v) is 7.92. The Morgan fingerprint density at radius 1 is 1.31 bits per heavy atom. The predicted molar refractivity (Wildman–Crippen MR) is 48.9 cm³/mol. The molecule has 0 bridgehead atoms. The number of hydrogen-bond donors (Lipinski definition) is 1. The molecule has 0 amide bonds. The number of fused-ring (bicyclic) bond motifs is 1. The summed E-state index contributed by atoms with van der Waals surface area (Å²) in [5, 5.41) is 3.11. The first-order chi connectivity index (χ1) is 5.68. The molecule has 1 aromatic carbocycles. The van der Waals surface area contributed by atoms with Crippen molar-refractivity contribution in [3.8, 4) is 0 Å². The number of nitrogens with one attached hydrogen (secondary N) is 1. The van der Waals surface area contributed by atoms with Gasteiger partial charge in [0.1, 0.15) is 0 Å². The second kappa shape index (κ2) is 3.60. The van der Waals surface area contributed by atoms with E-state index in [0.717, 1.165) is 11.1 Å². The number of halogens is 3. The highest BCUT2D eigenvalue weighted by Crippen LogP contribution is 2.26. The van der Waals surface area contributed by atoms with Gasteiger partial charge in [-0.15, -0.1) is 12.4 Å². The van der Waals surface area contributed by atoms with Crippen LogP contribution in [0.25, 0.3) is 0 Å². The highest BCUT2D eigenvalue weighted by Gasteiger charge is 2.19. The summed E-state index contributed by atoms with van der Waals surface area (Å²) in [7, 11) is 0. The summed E-state index contributed by atoms with van der Waals surface area (Å²) in [5.41, 5.74) is 1.73. The van der Waals surface area contributed by atoms with Gasteiger partial charge in [0.2, 0.25) is 0 Å². The van der Waals surface area contributed by atoms with Crippen LogP contribution in [0.1, 0.15) is 24.1 Å². The topological polar surface area (TPSA) is 12.0 Å². The summed E-state index contributed by atoms with van der Waals surface area (Å²) in [6.45, 7) is 2.57. The first kappa shape index (κ1) is 10.4. The number of hydrogen-bond acceptors (Lipinski definition) is 1. The summed E-state index contributed by atoms with van der Waals surface area (Å²) in [4.78, 5) is 0. The van der Waals surface area contributed by atoms with Gasteiger partial charge >= 0.3 is 0 Å². The van der Waals surface area contributed by atoms with Gasteiger partial charge in [0.25, 0.3) is 0 Å². The van der Waals surface area contributed by atoms with Crippen LogP contribution in [0.15, 0.2) is 12.1 Å². The maximum atomic E-state index is 12.7. The van der Waals surface area contributed by atoms with Crippen LogP contribution < -0.4 is 5.32 Å². The van der Waals surface area contributed by atoms with Crippen molar-refractivity contribution in [2.45, 2.75) is 19.5 Å². The Kier molecular flexibility index (Phi) is 2.88. The van der Waals surface area contributed by atoms with Gasteiger partial charge in [-0.1, -0.05) is 0 Å². The fourth-order valence-electron chi connectivity index (χ4n) is 1.53. The third-order valence-electron chi connectivity index (χ3n) is 2.25. The van der Waals surface area contributed by atoms with Gasteiger partial charge in [-0.2, -0.15) is 0 Å². The minimum absolute atomic E-state index is 0. The molecule has 0 saturated carbocycles. The van der Waals surface area contributed by atoms with Crippen molar-refractivity contribution in [1.82, 2.24) is 5.32 Å². The number of rotatable bonds is 0. The van der Waals surface area contributed by atoms with E-state index in [2.05, 4.69) is 5.32 Å². The third-order valence-corrected chi connectivity index (χ3v) is 2.25. The van der Waals surface area contributed by atoms with E-state index in [1.807, 2.05) is 6.92 Å². The molecule has 0 spiro atoms. The van der Waals surface area contributed by atoms with E-state index in [9.17, 15) is 8.78 Å². The molecule has 13 heavy (non-hydrogen) atoms. The average Bonchev–Trinajstić information content (AvgIpc) is 2.35. The van der Waals surface area contributed by atoms with Gasteiger partial charge in [-0.05, 0) is 30.2 Å². The molecule has 0 unspecified atom stereocenters. The van der Waals surface area contributed by atoms with Gasteiger partial charge in [-0.25, -0.2) is 8.78 Å². The second-order valence-electron chi connectivity index (χ2n) is 3.07. The highest BCUT2D eigenvalue weighted by atomic mass is 35.5. The quantitative estimate of drug-likeness (QED) is 0.687. The Morgan fingerprint density at radius 2 is 1.92 bits per heavy atom. The van der Waals surface area contributed by atoms with Gasteiger partial charge < -0.3 is 5.32 Å². The lowest BCUT2D eigenvalue weighted by Crippen LogP contribution is -2.06. The van der Waals surface area contributed by atoms with Crippen LogP contribution in [0, 0.1) is 11.6 Å². The Labute approximate surface area is 81.6 Å². The SMILES string of the molecule is C[C@@H]1NCc2cc(F)c(F)cc21.Cl. The third kappa shape index (κ3) is 1.67. The standard InChI is InChI=1S/C9H9F2N.ClH/c1-5-7-3-9(11)8(10)2-6(7)4-12-5;/h2-3,5,12H,4H2,1H3;1H/t5-;/m0./s1. The monoisotopic (exact) mass is 205 g/mol. The van der Waals surface area contributed by atoms with Crippen LogP contribution in [-0.2, 0) is 6.54 Å². The Bertz CT molecular complexity index is 328. The molecule has 2 rings (SSSR count). The molecule has 1 N–H and O–H groups in total. The summed E-state index contributed by atoms with van der Waals surface area (Å²) < 4.78 is 25.4. The zero-order chi connectivity index (χ0) is 8.72. The van der Waals surface area contributed by atoms with Crippen molar-refractivity contribution in [2.24, 2.45) is 0 Å². The summed E-state index contributed by atoms with van der Waals surface area (Å²) in [6.07, 6.45) is 0. The maximum Gasteiger partial charge on any atom is 0.159 e. The summed E-state index contributed by atoms with van der Waals surface area (Å²) in [5.74, 6) is -1.52. The molecule has 0 aliphatic carbocycles. The van der Waals surface area contributed by atoms with E-state index >= 15 is 0 Å². The largest absolute Gasteiger partial charge is 0.306 e. The Hall–Kier alpha value is -0.670. The van der Waals surface area contributed by atoms with Crippen LogP contribution in [-0.4, -0.2) is 0 Å². The lowest BCUT2D eigenvalue weighted by molar-refractivity contribution is 0.506. The van der Waals surface area contributed by atoms with E-state index in [1.54, 1.807) is 0 Å². The molecule has 72 valence electrons. The van der Waals surface area contributed by atoms with Gasteiger partial charge in [-0.3, -0.25) is 0 Å². The molecule has 0 saturated heterocycles. The highest BCUT2D eigenvalue weighted by molar-refractivity contribution is 5.85. The minimum atomic E-state index is -0.760. The minimum Gasteiger partial charge on any atom is -0.306 e. The molecule has 1 heterocycles. The van der Waals surface area contributed by atoms with Crippen molar-refractivity contribution >= 4 is 12.4 Å². The van der Waals surface area contributed by atoms with E-state index in [4.69, 9.17) is 0 Å². The van der Waals surface area contributed by atoms with Crippen molar-refractivity contribution < 1.29 is 8.78 Å². The lowest BCUT2D eigenvalue weighted by Gasteiger charge is -2.03. The molecule has 1 aliphatic heterocycles. The first-order valence-electron chi connectivity index (χ1n) is 3.89. The van der Waals surface area contributed by atoms with Crippen LogP contribution in [0.2, 0.25) is 0 Å². The number of benzene rings is 1. The van der Waals surface area contributed by atoms with Gasteiger partial charge in [0.15, 0.2) is 11.6 Å². The van der Waals surface area contributed by atoms with Crippen molar-refractivity contribution in [3.63, 3.8) is 0 Å². The van der Waals surface area contributed by atoms with Crippen LogP contribution >= 0.6 is 12.4 Å². The zero-order valence-electron chi connectivity index (χ0n) is 7.10. The van der Waals surface area contributed by atoms with Gasteiger partial charge in [0, 0.05) is 12.6 Å². The van der Waals surface area contributed by atoms with Crippen LogP contribution in [0.3, 0.4) is 0 Å². The van der Waals surface area contributed by atoms with Crippen LogP contribution in [0.5, 0.6) is 0 Å². The van der Waals surface area contributed by atoms with E-state index in [-0.39, 0.29) is 18.4 Å². The summed E-state index contributed by atoms with van der Waals surface area (Å²) in [6, 6.07) is 2.67. The molecule has 0 fully saturated rings. The lowest BCUT2D eigenvalue weighted by atomic mass is 10.1. The smallest absolute Gasteiger partial charge is 0.159 e. The molecule has 0 aromatic heterocycles. The fraction of sp³-hybridized carbons (Fsp3) is 0.333. The van der Waals surface area contributed by atoms with Crippen molar-refractivity contribution in [1.29, 1.82) is 0 Å². The fourth-order valence-corrected chi connectivity index (χ4v) is 1.53. The predicted octanol–water partition coefficient (Wildman–Crippen LogP) is 2.55. The molecule has 4 heteroatoms. The van der Waals surface area contributed by atoms with E-state index in [1.165, 1.54) is 12.1 Å². The average molecular weight is 206 g/mol. The summed E-state index contributed by atoms with van der Waals surface area (Å²) >= 11 is 0. The Morgan fingerprint density at radius 3 is 2.62 bits per heavy atom. The molecule has 1 aliphatic rings. The normalized spacial score (nSPS) is 19.5. The maximum absolute atomic E-state index is 12.7.